The van der Waals surface area contributed by atoms with Crippen molar-refractivity contribution in [2.75, 3.05) is 0 Å². The fourth-order valence-electron chi connectivity index (χ4n) is 1.16. The summed E-state index contributed by atoms with van der Waals surface area (Å²) in [5.41, 5.74) is 1.81. The first-order valence-corrected chi connectivity index (χ1v) is 3.94. The molecule has 0 unspecified atom stereocenters. The first-order chi connectivity index (χ1) is 6.36. The molecule has 0 aliphatic heterocycles. The number of hydrogen-bond donors (Lipinski definition) is 0. The molecule has 1 heterocycles. The molecule has 1 aromatic carbocycles. The molecule has 2 aromatic rings. The summed E-state index contributed by atoms with van der Waals surface area (Å²) in [6, 6.07) is 13.5. The first kappa shape index (κ1) is 7.92. The summed E-state index contributed by atoms with van der Waals surface area (Å²) >= 11 is 0. The average Bonchev–Trinajstić information content (AvgIpc) is 2.19. The van der Waals surface area contributed by atoms with Gasteiger partial charge < -0.3 is 0 Å². The summed E-state index contributed by atoms with van der Waals surface area (Å²) in [7, 11) is 0. The van der Waals surface area contributed by atoms with Gasteiger partial charge in [0, 0.05) is 12.3 Å². The largest absolute Gasteiger partial charge is 0.228 e. The molecule has 0 spiro atoms. The molecule has 0 saturated heterocycles. The Morgan fingerprint density at radius 3 is 2.54 bits per heavy atom. The second-order valence-electron chi connectivity index (χ2n) is 2.66. The van der Waals surface area contributed by atoms with Gasteiger partial charge in [0.2, 0.25) is 5.95 Å². The van der Waals surface area contributed by atoms with E-state index in [1.54, 1.807) is 18.2 Å². The van der Waals surface area contributed by atoms with Crippen LogP contribution in [0, 0.1) is 12.0 Å². The lowest BCUT2D eigenvalue weighted by molar-refractivity contribution is 0.584. The SMILES string of the molecule is Fc1cc(-c2cc[c]cc2)ccn1. The van der Waals surface area contributed by atoms with Gasteiger partial charge in [-0.05, 0) is 23.3 Å². The monoisotopic (exact) mass is 172 g/mol. The van der Waals surface area contributed by atoms with Gasteiger partial charge >= 0.3 is 0 Å². The Labute approximate surface area is 75.9 Å². The lowest BCUT2D eigenvalue weighted by Gasteiger charge is -1.99. The van der Waals surface area contributed by atoms with E-state index < -0.39 is 5.95 Å². The van der Waals surface area contributed by atoms with Crippen LogP contribution in [0.25, 0.3) is 11.1 Å². The number of halogens is 1. The molecule has 1 aromatic heterocycles. The molecule has 0 saturated carbocycles. The maximum absolute atomic E-state index is 12.7. The Balaban J connectivity index is 2.48. The van der Waals surface area contributed by atoms with Crippen molar-refractivity contribution in [1.82, 2.24) is 4.98 Å². The van der Waals surface area contributed by atoms with E-state index in [9.17, 15) is 4.39 Å². The molecule has 0 atom stereocenters. The van der Waals surface area contributed by atoms with Crippen molar-refractivity contribution >= 4 is 0 Å². The van der Waals surface area contributed by atoms with Gasteiger partial charge in [0.1, 0.15) is 0 Å². The Kier molecular flexibility index (Phi) is 2.04. The second kappa shape index (κ2) is 3.35. The summed E-state index contributed by atoms with van der Waals surface area (Å²) in [6.45, 7) is 0. The molecule has 13 heavy (non-hydrogen) atoms. The van der Waals surface area contributed by atoms with Crippen molar-refractivity contribution in [3.8, 4) is 11.1 Å². The maximum atomic E-state index is 12.7. The molecule has 0 aliphatic carbocycles. The third-order valence-corrected chi connectivity index (χ3v) is 1.78. The molecule has 0 fully saturated rings. The van der Waals surface area contributed by atoms with Crippen LogP contribution in [0.2, 0.25) is 0 Å². The standard InChI is InChI=1S/C11H7FN/c12-11-8-10(6-7-13-11)9-4-2-1-3-5-9/h2-8H. The van der Waals surface area contributed by atoms with E-state index in [0.717, 1.165) is 11.1 Å². The smallest absolute Gasteiger partial charge is 0.213 e. The molecule has 63 valence electrons. The normalized spacial score (nSPS) is 9.92. The van der Waals surface area contributed by atoms with Gasteiger partial charge in [-0.3, -0.25) is 0 Å². The third kappa shape index (κ3) is 1.72. The van der Waals surface area contributed by atoms with Crippen LogP contribution in [0.4, 0.5) is 4.39 Å². The van der Waals surface area contributed by atoms with Crippen molar-refractivity contribution in [2.45, 2.75) is 0 Å². The zero-order valence-electron chi connectivity index (χ0n) is 6.87. The van der Waals surface area contributed by atoms with Crippen LogP contribution in [-0.2, 0) is 0 Å². The van der Waals surface area contributed by atoms with Crippen LogP contribution in [0.15, 0.2) is 42.6 Å². The molecule has 1 radical (unpaired) electrons. The summed E-state index contributed by atoms with van der Waals surface area (Å²) < 4.78 is 12.7. The van der Waals surface area contributed by atoms with E-state index >= 15 is 0 Å². The fourth-order valence-corrected chi connectivity index (χ4v) is 1.16. The minimum atomic E-state index is -0.453. The highest BCUT2D eigenvalue weighted by atomic mass is 19.1. The lowest BCUT2D eigenvalue weighted by Crippen LogP contribution is -1.82. The molecule has 2 heteroatoms. The summed E-state index contributed by atoms with van der Waals surface area (Å²) in [6.07, 6.45) is 1.46. The molecular formula is C11H7FN. The van der Waals surface area contributed by atoms with E-state index in [4.69, 9.17) is 0 Å². The van der Waals surface area contributed by atoms with E-state index in [-0.39, 0.29) is 0 Å². The van der Waals surface area contributed by atoms with Gasteiger partial charge in [-0.15, -0.1) is 0 Å². The molecule has 0 N–H and O–H groups in total. The third-order valence-electron chi connectivity index (χ3n) is 1.78. The Morgan fingerprint density at radius 2 is 1.85 bits per heavy atom. The van der Waals surface area contributed by atoms with E-state index in [1.807, 2.05) is 12.1 Å². The van der Waals surface area contributed by atoms with Crippen LogP contribution >= 0.6 is 0 Å². The topological polar surface area (TPSA) is 12.9 Å². The number of aromatic nitrogens is 1. The Bertz CT molecular complexity index is 398. The molecular weight excluding hydrogens is 165 g/mol. The number of rotatable bonds is 1. The van der Waals surface area contributed by atoms with Gasteiger partial charge in [-0.2, -0.15) is 4.39 Å². The van der Waals surface area contributed by atoms with Crippen molar-refractivity contribution in [1.29, 1.82) is 0 Å². The molecule has 0 aliphatic rings. The van der Waals surface area contributed by atoms with Crippen LogP contribution in [0.3, 0.4) is 0 Å². The van der Waals surface area contributed by atoms with Crippen molar-refractivity contribution < 1.29 is 4.39 Å². The van der Waals surface area contributed by atoms with Crippen molar-refractivity contribution in [3.63, 3.8) is 0 Å². The number of nitrogens with zero attached hydrogens (tertiary/aromatic N) is 1. The zero-order valence-corrected chi connectivity index (χ0v) is 6.87. The predicted molar refractivity (Wildman–Crippen MR) is 48.5 cm³/mol. The molecule has 0 bridgehead atoms. The molecule has 1 nitrogen and oxygen atoms in total. The summed E-state index contributed by atoms with van der Waals surface area (Å²) in [5.74, 6) is -0.453. The fraction of sp³-hybridized carbons (Fsp3) is 0. The maximum Gasteiger partial charge on any atom is 0.213 e. The van der Waals surface area contributed by atoms with Crippen LogP contribution in [0.5, 0.6) is 0 Å². The Morgan fingerprint density at radius 1 is 1.08 bits per heavy atom. The molecule has 2 rings (SSSR count). The summed E-state index contributed by atoms with van der Waals surface area (Å²) in [5, 5.41) is 0. The predicted octanol–water partition coefficient (Wildman–Crippen LogP) is 2.69. The van der Waals surface area contributed by atoms with Gasteiger partial charge in [0.05, 0.1) is 0 Å². The number of pyridine rings is 1. The minimum Gasteiger partial charge on any atom is -0.228 e. The van der Waals surface area contributed by atoms with Crippen molar-refractivity contribution in [2.24, 2.45) is 0 Å². The van der Waals surface area contributed by atoms with Crippen molar-refractivity contribution in [3.05, 3.63) is 54.6 Å². The van der Waals surface area contributed by atoms with Gasteiger partial charge in [0.15, 0.2) is 0 Å². The van der Waals surface area contributed by atoms with Crippen LogP contribution in [-0.4, -0.2) is 4.98 Å². The highest BCUT2D eigenvalue weighted by molar-refractivity contribution is 5.62. The number of hydrogen-bond acceptors (Lipinski definition) is 1. The first-order valence-electron chi connectivity index (χ1n) is 3.94. The minimum absolute atomic E-state index is 0.453. The van der Waals surface area contributed by atoms with E-state index in [1.165, 1.54) is 12.3 Å². The zero-order chi connectivity index (χ0) is 9.10. The molecule has 0 amide bonds. The van der Waals surface area contributed by atoms with E-state index in [2.05, 4.69) is 11.1 Å². The second-order valence-corrected chi connectivity index (χ2v) is 2.66. The average molecular weight is 172 g/mol. The quantitative estimate of drug-likeness (QED) is 0.602. The van der Waals surface area contributed by atoms with E-state index in [0.29, 0.717) is 0 Å². The lowest BCUT2D eigenvalue weighted by atomic mass is 10.1. The van der Waals surface area contributed by atoms with Crippen LogP contribution in [0.1, 0.15) is 0 Å². The van der Waals surface area contributed by atoms with Gasteiger partial charge in [0.25, 0.3) is 0 Å². The summed E-state index contributed by atoms with van der Waals surface area (Å²) in [4.78, 5) is 3.49. The Hall–Kier alpha value is -1.70. The van der Waals surface area contributed by atoms with Gasteiger partial charge in [-0.1, -0.05) is 24.3 Å². The van der Waals surface area contributed by atoms with Gasteiger partial charge in [-0.25, -0.2) is 4.98 Å². The highest BCUT2D eigenvalue weighted by Gasteiger charge is 1.97. The van der Waals surface area contributed by atoms with Crippen LogP contribution < -0.4 is 0 Å². The number of benzene rings is 1. The highest BCUT2D eigenvalue weighted by Crippen LogP contribution is 2.17.